The highest BCUT2D eigenvalue weighted by Crippen LogP contribution is 2.39. The Bertz CT molecular complexity index is 1480. The number of fused-ring (bicyclic) bond motifs is 2. The molecule has 0 saturated heterocycles. The minimum atomic E-state index is 0.0258. The van der Waals surface area contributed by atoms with Crippen LogP contribution in [0.4, 0.5) is 0 Å². The van der Waals surface area contributed by atoms with E-state index in [1.54, 1.807) is 6.20 Å². The summed E-state index contributed by atoms with van der Waals surface area (Å²) in [6, 6.07) is 24.6. The minimum Gasteiger partial charge on any atom is -0.291 e. The molecule has 4 heteroatoms. The Labute approximate surface area is 179 Å². The fourth-order valence-corrected chi connectivity index (χ4v) is 4.36. The van der Waals surface area contributed by atoms with Crippen LogP contribution in [0.1, 0.15) is 30.1 Å². The molecule has 2 heterocycles. The molecule has 0 bridgehead atoms. The van der Waals surface area contributed by atoms with Gasteiger partial charge in [0.2, 0.25) is 0 Å². The monoisotopic (exact) mass is 403 g/mol. The second-order valence-corrected chi connectivity index (χ2v) is 8.26. The molecule has 0 atom stereocenters. The standard InChI is InChI=1S/C27H21N3O/c31-27-24-15-21(23-9-3-7-19-6-1-2-8-22(19)23)12-13-25(24)29-26(20-10-11-20)30(27)17-18-5-4-14-28-16-18/h1-9,12-16,20H,10-11,17H2. The summed E-state index contributed by atoms with van der Waals surface area (Å²) in [5, 5.41) is 3.04. The highest BCUT2D eigenvalue weighted by atomic mass is 16.1. The lowest BCUT2D eigenvalue weighted by molar-refractivity contribution is 0.679. The fourth-order valence-electron chi connectivity index (χ4n) is 4.36. The van der Waals surface area contributed by atoms with E-state index in [2.05, 4.69) is 47.4 Å². The molecule has 31 heavy (non-hydrogen) atoms. The van der Waals surface area contributed by atoms with Crippen molar-refractivity contribution in [2.24, 2.45) is 0 Å². The summed E-state index contributed by atoms with van der Waals surface area (Å²) in [5.41, 5.74) is 3.98. The van der Waals surface area contributed by atoms with Gasteiger partial charge in [0.15, 0.2) is 0 Å². The zero-order valence-electron chi connectivity index (χ0n) is 17.0. The molecule has 0 aliphatic heterocycles. The van der Waals surface area contributed by atoms with Crippen molar-refractivity contribution in [2.45, 2.75) is 25.3 Å². The largest absolute Gasteiger partial charge is 0.291 e. The summed E-state index contributed by atoms with van der Waals surface area (Å²) in [7, 11) is 0. The molecule has 1 aliphatic rings. The van der Waals surface area contributed by atoms with E-state index in [0.29, 0.717) is 17.8 Å². The van der Waals surface area contributed by atoms with E-state index in [9.17, 15) is 4.79 Å². The summed E-state index contributed by atoms with van der Waals surface area (Å²) >= 11 is 0. The molecule has 0 spiro atoms. The van der Waals surface area contributed by atoms with Gasteiger partial charge in [-0.3, -0.25) is 14.3 Å². The van der Waals surface area contributed by atoms with Gasteiger partial charge in [-0.05, 0) is 58.5 Å². The van der Waals surface area contributed by atoms with Gasteiger partial charge in [0.05, 0.1) is 17.4 Å². The first-order valence-corrected chi connectivity index (χ1v) is 10.7. The Morgan fingerprint density at radius 2 is 1.77 bits per heavy atom. The SMILES string of the molecule is O=c1c2cc(-c3cccc4ccccc34)ccc2nc(C2CC2)n1Cc1cccnc1. The maximum Gasteiger partial charge on any atom is 0.261 e. The minimum absolute atomic E-state index is 0.0258. The molecular weight excluding hydrogens is 382 g/mol. The predicted molar refractivity (Wildman–Crippen MR) is 124 cm³/mol. The number of rotatable bonds is 4. The smallest absolute Gasteiger partial charge is 0.261 e. The molecule has 1 saturated carbocycles. The summed E-state index contributed by atoms with van der Waals surface area (Å²) < 4.78 is 1.85. The average molecular weight is 403 g/mol. The number of hydrogen-bond acceptors (Lipinski definition) is 3. The number of hydrogen-bond donors (Lipinski definition) is 0. The number of nitrogens with zero attached hydrogens (tertiary/aromatic N) is 3. The molecule has 150 valence electrons. The zero-order chi connectivity index (χ0) is 20.8. The number of aromatic nitrogens is 3. The molecule has 4 nitrogen and oxygen atoms in total. The summed E-state index contributed by atoms with van der Waals surface area (Å²) in [4.78, 5) is 22.8. The van der Waals surface area contributed by atoms with Crippen molar-refractivity contribution >= 4 is 21.7 Å². The number of benzene rings is 3. The Morgan fingerprint density at radius 3 is 2.61 bits per heavy atom. The van der Waals surface area contributed by atoms with Crippen LogP contribution in [0.5, 0.6) is 0 Å². The van der Waals surface area contributed by atoms with Gasteiger partial charge in [0.1, 0.15) is 5.82 Å². The Morgan fingerprint density at radius 1 is 0.903 bits per heavy atom. The summed E-state index contributed by atoms with van der Waals surface area (Å²) in [6.45, 7) is 0.500. The predicted octanol–water partition coefficient (Wildman–Crippen LogP) is 5.54. The third-order valence-electron chi connectivity index (χ3n) is 6.09. The molecule has 1 aliphatic carbocycles. The van der Waals surface area contributed by atoms with Crippen LogP contribution in [0, 0.1) is 0 Å². The van der Waals surface area contributed by atoms with Crippen LogP contribution in [0.3, 0.4) is 0 Å². The molecule has 0 radical (unpaired) electrons. The topological polar surface area (TPSA) is 47.8 Å². The van der Waals surface area contributed by atoms with Gasteiger partial charge in [-0.2, -0.15) is 0 Å². The van der Waals surface area contributed by atoms with Gasteiger partial charge in [0, 0.05) is 18.3 Å². The van der Waals surface area contributed by atoms with E-state index >= 15 is 0 Å². The third-order valence-corrected chi connectivity index (χ3v) is 6.09. The molecule has 3 aromatic carbocycles. The quantitative estimate of drug-likeness (QED) is 0.396. The van der Waals surface area contributed by atoms with Crippen molar-refractivity contribution < 1.29 is 0 Å². The second kappa shape index (κ2) is 7.17. The van der Waals surface area contributed by atoms with Gasteiger partial charge in [-0.15, -0.1) is 0 Å². The van der Waals surface area contributed by atoms with Crippen molar-refractivity contribution in [3.05, 3.63) is 107 Å². The van der Waals surface area contributed by atoms with Crippen molar-refractivity contribution in [3.8, 4) is 11.1 Å². The fraction of sp³-hybridized carbons (Fsp3) is 0.148. The summed E-state index contributed by atoms with van der Waals surface area (Å²) in [5.74, 6) is 1.28. The van der Waals surface area contributed by atoms with Gasteiger partial charge in [-0.1, -0.05) is 54.6 Å². The van der Waals surface area contributed by atoms with Crippen molar-refractivity contribution in [1.29, 1.82) is 0 Å². The first-order chi connectivity index (χ1) is 15.3. The lowest BCUT2D eigenvalue weighted by Gasteiger charge is -2.14. The lowest BCUT2D eigenvalue weighted by Crippen LogP contribution is -2.25. The third kappa shape index (κ3) is 3.21. The van der Waals surface area contributed by atoms with Crippen LogP contribution in [-0.2, 0) is 6.54 Å². The van der Waals surface area contributed by atoms with Crippen LogP contribution in [0.15, 0.2) is 90.0 Å². The molecule has 1 fully saturated rings. The van der Waals surface area contributed by atoms with Gasteiger partial charge < -0.3 is 0 Å². The molecule has 0 unspecified atom stereocenters. The molecule has 5 aromatic rings. The van der Waals surface area contributed by atoms with Crippen LogP contribution in [0.25, 0.3) is 32.8 Å². The van der Waals surface area contributed by atoms with E-state index in [1.807, 2.05) is 41.1 Å². The number of pyridine rings is 1. The van der Waals surface area contributed by atoms with Gasteiger partial charge >= 0.3 is 0 Å². The molecule has 2 aromatic heterocycles. The first kappa shape index (κ1) is 18.0. The summed E-state index contributed by atoms with van der Waals surface area (Å²) in [6.07, 6.45) is 5.77. The van der Waals surface area contributed by atoms with Crippen LogP contribution in [0.2, 0.25) is 0 Å². The van der Waals surface area contributed by atoms with E-state index in [1.165, 1.54) is 10.8 Å². The highest BCUT2D eigenvalue weighted by Gasteiger charge is 2.29. The van der Waals surface area contributed by atoms with Crippen molar-refractivity contribution in [1.82, 2.24) is 14.5 Å². The van der Waals surface area contributed by atoms with Gasteiger partial charge in [-0.25, -0.2) is 4.98 Å². The molecule has 6 rings (SSSR count). The molecular formula is C27H21N3O. The Hall–Kier alpha value is -3.79. The van der Waals surface area contributed by atoms with E-state index in [4.69, 9.17) is 4.98 Å². The molecule has 0 N–H and O–H groups in total. The normalized spacial score (nSPS) is 13.7. The van der Waals surface area contributed by atoms with E-state index < -0.39 is 0 Å². The van der Waals surface area contributed by atoms with Crippen molar-refractivity contribution in [3.63, 3.8) is 0 Å². The average Bonchev–Trinajstić information content (AvgIpc) is 3.66. The van der Waals surface area contributed by atoms with Gasteiger partial charge in [0.25, 0.3) is 5.56 Å². The maximum atomic E-state index is 13.6. The second-order valence-electron chi connectivity index (χ2n) is 8.26. The highest BCUT2D eigenvalue weighted by molar-refractivity contribution is 5.98. The van der Waals surface area contributed by atoms with Crippen LogP contribution < -0.4 is 5.56 Å². The zero-order valence-corrected chi connectivity index (χ0v) is 17.0. The van der Waals surface area contributed by atoms with E-state index in [-0.39, 0.29) is 5.56 Å². The van der Waals surface area contributed by atoms with E-state index in [0.717, 1.165) is 40.9 Å². The lowest BCUT2D eigenvalue weighted by atomic mass is 9.97. The Balaban J connectivity index is 1.55. The van der Waals surface area contributed by atoms with Crippen molar-refractivity contribution in [2.75, 3.05) is 0 Å². The maximum absolute atomic E-state index is 13.6. The van der Waals surface area contributed by atoms with Crippen LogP contribution in [-0.4, -0.2) is 14.5 Å². The van der Waals surface area contributed by atoms with Crippen LogP contribution >= 0.6 is 0 Å². The first-order valence-electron chi connectivity index (χ1n) is 10.7. The molecule has 0 amide bonds. The Kier molecular flexibility index (Phi) is 4.17.